The molecule has 1 N–H and O–H groups in total. The molecular weight excluding hydrogens is 246 g/mol. The van der Waals surface area contributed by atoms with Gasteiger partial charge < -0.3 is 10.2 Å². The molecule has 1 rings (SSSR count). The lowest BCUT2D eigenvalue weighted by Crippen LogP contribution is -2.56. The first-order chi connectivity index (χ1) is 9.76. The van der Waals surface area contributed by atoms with Gasteiger partial charge in [-0.1, -0.05) is 34.1 Å². The van der Waals surface area contributed by atoms with Crippen LogP contribution in [0.2, 0.25) is 0 Å². The summed E-state index contributed by atoms with van der Waals surface area (Å²) in [5.41, 5.74) is 0. The van der Waals surface area contributed by atoms with Crippen molar-refractivity contribution in [3.05, 3.63) is 0 Å². The minimum absolute atomic E-state index is 0.683. The summed E-state index contributed by atoms with van der Waals surface area (Å²) in [6.45, 7) is 16.7. The molecule has 1 saturated heterocycles. The lowest BCUT2D eigenvalue weighted by molar-refractivity contribution is 0.0741. The fraction of sp³-hybridized carbons (Fsp3) is 1.00. The molecule has 120 valence electrons. The Bertz CT molecular complexity index is 224. The predicted molar refractivity (Wildman–Crippen MR) is 89.4 cm³/mol. The van der Waals surface area contributed by atoms with Crippen molar-refractivity contribution >= 4 is 0 Å². The van der Waals surface area contributed by atoms with E-state index in [1.807, 2.05) is 0 Å². The molecule has 0 bridgehead atoms. The maximum absolute atomic E-state index is 3.80. The van der Waals surface area contributed by atoms with Gasteiger partial charge in [-0.25, -0.2) is 0 Å². The van der Waals surface area contributed by atoms with Gasteiger partial charge in [0.05, 0.1) is 0 Å². The standard InChI is InChI=1S/C17H37N3/c1-5-9-16(18-10-6-2)17(8-4)20-14-12-19(11-7-3)13-15-20/h16-18H,5-15H2,1-4H3. The minimum Gasteiger partial charge on any atom is -0.312 e. The molecule has 0 aromatic heterocycles. The summed E-state index contributed by atoms with van der Waals surface area (Å²) < 4.78 is 0. The highest BCUT2D eigenvalue weighted by Crippen LogP contribution is 2.16. The third kappa shape index (κ3) is 5.71. The zero-order valence-electron chi connectivity index (χ0n) is 14.3. The van der Waals surface area contributed by atoms with Crippen molar-refractivity contribution in [3.8, 4) is 0 Å². The first-order valence-corrected chi connectivity index (χ1v) is 8.96. The van der Waals surface area contributed by atoms with Crippen molar-refractivity contribution in [2.45, 2.75) is 71.9 Å². The Morgan fingerprint density at radius 3 is 2.10 bits per heavy atom. The summed E-state index contributed by atoms with van der Waals surface area (Å²) in [5, 5.41) is 3.80. The fourth-order valence-corrected chi connectivity index (χ4v) is 3.50. The van der Waals surface area contributed by atoms with Gasteiger partial charge in [-0.2, -0.15) is 0 Å². The van der Waals surface area contributed by atoms with Crippen LogP contribution in [0.5, 0.6) is 0 Å². The second-order valence-electron chi connectivity index (χ2n) is 6.20. The molecule has 1 heterocycles. The van der Waals surface area contributed by atoms with Crippen molar-refractivity contribution in [1.29, 1.82) is 0 Å². The molecule has 0 amide bonds. The lowest BCUT2D eigenvalue weighted by atomic mass is 9.98. The molecule has 3 nitrogen and oxygen atoms in total. The Balaban J connectivity index is 2.50. The Labute approximate surface area is 127 Å². The van der Waals surface area contributed by atoms with Crippen LogP contribution in [-0.2, 0) is 0 Å². The highest BCUT2D eigenvalue weighted by molar-refractivity contribution is 4.86. The molecule has 1 fully saturated rings. The molecule has 20 heavy (non-hydrogen) atoms. The van der Waals surface area contributed by atoms with Gasteiger partial charge in [-0.15, -0.1) is 0 Å². The smallest absolute Gasteiger partial charge is 0.0247 e. The number of nitrogens with zero attached hydrogens (tertiary/aromatic N) is 2. The molecule has 0 saturated carbocycles. The number of nitrogens with one attached hydrogen (secondary N) is 1. The van der Waals surface area contributed by atoms with Crippen LogP contribution in [-0.4, -0.2) is 61.2 Å². The quantitative estimate of drug-likeness (QED) is 0.665. The fourth-order valence-electron chi connectivity index (χ4n) is 3.50. The zero-order valence-corrected chi connectivity index (χ0v) is 14.3. The summed E-state index contributed by atoms with van der Waals surface area (Å²) in [6, 6.07) is 1.41. The molecule has 1 aliphatic heterocycles. The second kappa shape index (κ2) is 10.6. The SMILES string of the molecule is CCCNC(CCC)C(CC)N1CCN(CCC)CC1. The van der Waals surface area contributed by atoms with E-state index in [0.29, 0.717) is 6.04 Å². The van der Waals surface area contributed by atoms with E-state index >= 15 is 0 Å². The van der Waals surface area contributed by atoms with Crippen LogP contribution in [0.1, 0.15) is 59.8 Å². The monoisotopic (exact) mass is 283 g/mol. The average molecular weight is 284 g/mol. The van der Waals surface area contributed by atoms with Gasteiger partial charge in [-0.05, 0) is 38.8 Å². The van der Waals surface area contributed by atoms with Crippen molar-refractivity contribution in [1.82, 2.24) is 15.1 Å². The van der Waals surface area contributed by atoms with E-state index in [1.54, 1.807) is 0 Å². The topological polar surface area (TPSA) is 18.5 Å². The summed E-state index contributed by atoms with van der Waals surface area (Å²) in [7, 11) is 0. The van der Waals surface area contributed by atoms with Gasteiger partial charge in [0.2, 0.25) is 0 Å². The van der Waals surface area contributed by atoms with Gasteiger partial charge in [0, 0.05) is 38.3 Å². The highest BCUT2D eigenvalue weighted by atomic mass is 15.3. The lowest BCUT2D eigenvalue weighted by Gasteiger charge is -2.42. The van der Waals surface area contributed by atoms with Crippen molar-refractivity contribution < 1.29 is 0 Å². The molecule has 2 unspecified atom stereocenters. The van der Waals surface area contributed by atoms with E-state index in [1.165, 1.54) is 64.8 Å². The largest absolute Gasteiger partial charge is 0.312 e. The van der Waals surface area contributed by atoms with Crippen molar-refractivity contribution in [3.63, 3.8) is 0 Å². The first-order valence-electron chi connectivity index (χ1n) is 8.96. The Hall–Kier alpha value is -0.120. The average Bonchev–Trinajstić information content (AvgIpc) is 2.47. The van der Waals surface area contributed by atoms with Gasteiger partial charge in [0.25, 0.3) is 0 Å². The van der Waals surface area contributed by atoms with Crippen molar-refractivity contribution in [2.75, 3.05) is 39.3 Å². The third-order valence-corrected chi connectivity index (χ3v) is 4.55. The predicted octanol–water partition coefficient (Wildman–Crippen LogP) is 2.96. The van der Waals surface area contributed by atoms with Crippen LogP contribution >= 0.6 is 0 Å². The van der Waals surface area contributed by atoms with E-state index in [9.17, 15) is 0 Å². The van der Waals surface area contributed by atoms with Gasteiger partial charge in [-0.3, -0.25) is 4.90 Å². The van der Waals surface area contributed by atoms with Gasteiger partial charge >= 0.3 is 0 Å². The minimum atomic E-state index is 0.683. The summed E-state index contributed by atoms with van der Waals surface area (Å²) in [4.78, 5) is 5.37. The van der Waals surface area contributed by atoms with Crippen LogP contribution < -0.4 is 5.32 Å². The maximum Gasteiger partial charge on any atom is 0.0247 e. The van der Waals surface area contributed by atoms with Crippen LogP contribution in [0, 0.1) is 0 Å². The normalized spacial score (nSPS) is 21.0. The van der Waals surface area contributed by atoms with Gasteiger partial charge in [0.1, 0.15) is 0 Å². The number of rotatable bonds is 10. The summed E-state index contributed by atoms with van der Waals surface area (Å²) in [6.07, 6.45) is 6.39. The zero-order chi connectivity index (χ0) is 14.8. The molecule has 2 atom stereocenters. The maximum atomic E-state index is 3.80. The van der Waals surface area contributed by atoms with E-state index < -0.39 is 0 Å². The van der Waals surface area contributed by atoms with E-state index in [4.69, 9.17) is 0 Å². The molecular formula is C17H37N3. The van der Waals surface area contributed by atoms with Crippen LogP contribution in [0.15, 0.2) is 0 Å². The third-order valence-electron chi connectivity index (χ3n) is 4.55. The molecule has 0 aromatic carbocycles. The Morgan fingerprint density at radius 2 is 1.60 bits per heavy atom. The van der Waals surface area contributed by atoms with E-state index in [-0.39, 0.29) is 0 Å². The molecule has 0 spiro atoms. The second-order valence-corrected chi connectivity index (χ2v) is 6.20. The molecule has 3 heteroatoms. The number of hydrogen-bond donors (Lipinski definition) is 1. The van der Waals surface area contributed by atoms with Crippen LogP contribution in [0.3, 0.4) is 0 Å². The number of piperazine rings is 1. The Morgan fingerprint density at radius 1 is 0.900 bits per heavy atom. The molecule has 0 aromatic rings. The Kier molecular flexibility index (Phi) is 9.49. The van der Waals surface area contributed by atoms with Crippen molar-refractivity contribution in [2.24, 2.45) is 0 Å². The molecule has 0 aliphatic carbocycles. The van der Waals surface area contributed by atoms with E-state index in [0.717, 1.165) is 12.6 Å². The number of hydrogen-bond acceptors (Lipinski definition) is 3. The van der Waals surface area contributed by atoms with Crippen LogP contribution in [0.25, 0.3) is 0 Å². The molecule has 0 radical (unpaired) electrons. The summed E-state index contributed by atoms with van der Waals surface area (Å²) in [5.74, 6) is 0. The molecule has 1 aliphatic rings. The van der Waals surface area contributed by atoms with Crippen LogP contribution in [0.4, 0.5) is 0 Å². The van der Waals surface area contributed by atoms with E-state index in [2.05, 4.69) is 42.8 Å². The van der Waals surface area contributed by atoms with Gasteiger partial charge in [0.15, 0.2) is 0 Å². The first kappa shape index (κ1) is 17.9. The highest BCUT2D eigenvalue weighted by Gasteiger charge is 2.27. The summed E-state index contributed by atoms with van der Waals surface area (Å²) >= 11 is 0.